The maximum atomic E-state index is 12.0. The molecule has 0 aromatic heterocycles. The minimum absolute atomic E-state index is 0.0955. The summed E-state index contributed by atoms with van der Waals surface area (Å²) in [4.78, 5) is 13.3. The van der Waals surface area contributed by atoms with E-state index in [9.17, 15) is 4.79 Å². The molecule has 1 rings (SSSR count). The van der Waals surface area contributed by atoms with Gasteiger partial charge in [-0.3, -0.25) is 4.79 Å². The first-order valence-corrected chi connectivity index (χ1v) is 14.0. The molecule has 0 saturated carbocycles. The van der Waals surface area contributed by atoms with Crippen molar-refractivity contribution >= 4 is 16.8 Å². The van der Waals surface area contributed by atoms with Gasteiger partial charge in [0.25, 0.3) is 0 Å². The quantitative estimate of drug-likeness (QED) is 0.181. The van der Waals surface area contributed by atoms with Crippen molar-refractivity contribution in [2.75, 3.05) is 12.1 Å². The van der Waals surface area contributed by atoms with Crippen LogP contribution in [-0.4, -0.2) is 18.0 Å². The molecule has 0 saturated heterocycles. The average molecular weight is 421 g/mol. The summed E-state index contributed by atoms with van der Waals surface area (Å²) in [6, 6.07) is 10.5. The highest BCUT2D eigenvalue weighted by atomic mass is 32.2. The highest BCUT2D eigenvalue weighted by Crippen LogP contribution is 2.14. The van der Waals surface area contributed by atoms with E-state index in [1.165, 1.54) is 94.8 Å². The van der Waals surface area contributed by atoms with Crippen molar-refractivity contribution < 1.29 is 4.79 Å². The summed E-state index contributed by atoms with van der Waals surface area (Å²) in [7, 11) is 0.0955. The molecule has 1 aromatic rings. The molecule has 0 aliphatic rings. The van der Waals surface area contributed by atoms with Gasteiger partial charge in [-0.1, -0.05) is 115 Å². The zero-order valence-corrected chi connectivity index (χ0v) is 20.0. The van der Waals surface area contributed by atoms with Crippen LogP contribution < -0.4 is 5.32 Å². The molecule has 0 bridgehead atoms. The number of hydrogen-bond acceptors (Lipinski definition) is 1. The smallest absolute Gasteiger partial charge is 0.223 e. The van der Waals surface area contributed by atoms with E-state index >= 15 is 0 Å². The van der Waals surface area contributed by atoms with Gasteiger partial charge in [0.1, 0.15) is 6.26 Å². The molecular weight excluding hydrogens is 374 g/mol. The summed E-state index contributed by atoms with van der Waals surface area (Å²) in [6.07, 6.45) is 23.3. The molecule has 1 N–H and O–H groups in total. The van der Waals surface area contributed by atoms with Crippen LogP contribution in [0.2, 0.25) is 0 Å². The van der Waals surface area contributed by atoms with Gasteiger partial charge in [-0.25, -0.2) is 0 Å². The molecule has 0 radical (unpaired) electrons. The molecule has 29 heavy (non-hydrogen) atoms. The molecule has 2 nitrogen and oxygen atoms in total. The average Bonchev–Trinajstić information content (AvgIpc) is 2.75. The zero-order valence-electron chi connectivity index (χ0n) is 19.2. The van der Waals surface area contributed by atoms with E-state index in [2.05, 4.69) is 42.8 Å². The van der Waals surface area contributed by atoms with E-state index in [-0.39, 0.29) is 16.8 Å². The third-order valence-electron chi connectivity index (χ3n) is 5.64. The second-order valence-corrected chi connectivity index (χ2v) is 10.4. The van der Waals surface area contributed by atoms with Crippen LogP contribution in [0.4, 0.5) is 0 Å². The monoisotopic (exact) mass is 420 g/mol. The number of hydrogen-bond donors (Lipinski definition) is 1. The van der Waals surface area contributed by atoms with Gasteiger partial charge < -0.3 is 5.32 Å². The molecule has 1 aromatic carbocycles. The topological polar surface area (TPSA) is 29.1 Å². The second kappa shape index (κ2) is 19.0. The van der Waals surface area contributed by atoms with E-state index in [0.29, 0.717) is 6.42 Å². The van der Waals surface area contributed by atoms with Gasteiger partial charge >= 0.3 is 0 Å². The largest absolute Gasteiger partial charge is 0.314 e. The Kier molecular flexibility index (Phi) is 17.1. The van der Waals surface area contributed by atoms with Crippen LogP contribution in [0.25, 0.3) is 0 Å². The number of rotatable bonds is 19. The van der Waals surface area contributed by atoms with E-state index in [0.717, 1.165) is 12.3 Å². The second-order valence-electron chi connectivity index (χ2n) is 8.39. The summed E-state index contributed by atoms with van der Waals surface area (Å²) in [6.45, 7) is 2.28. The van der Waals surface area contributed by atoms with Crippen LogP contribution in [-0.2, 0) is 15.7 Å². The van der Waals surface area contributed by atoms with Crippen molar-refractivity contribution in [2.24, 2.45) is 0 Å². The minimum Gasteiger partial charge on any atom is -0.314 e. The van der Waals surface area contributed by atoms with Crippen molar-refractivity contribution in [3.63, 3.8) is 0 Å². The molecule has 0 heterocycles. The Morgan fingerprint density at radius 2 is 1.17 bits per heavy atom. The molecule has 0 aliphatic carbocycles. The first kappa shape index (κ1) is 26.1. The first-order chi connectivity index (χ1) is 14.2. The Morgan fingerprint density at radius 1 is 0.724 bits per heavy atom. The lowest BCUT2D eigenvalue weighted by Crippen LogP contribution is -2.29. The normalized spacial score (nSPS) is 12.1. The standard InChI is InChI=1S/C26H45NOS/c1-3-4-5-6-7-8-9-10-11-12-13-14-15-16-20-23-26(28)27-24-29(2)25-21-18-17-19-22-25/h17-19,21-22H,3-16,20,23-24H2,1-2H3/p+1. The summed E-state index contributed by atoms with van der Waals surface area (Å²) in [5.74, 6) is 0.983. The van der Waals surface area contributed by atoms with E-state index < -0.39 is 0 Å². The molecule has 0 aliphatic heterocycles. The molecule has 1 atom stereocenters. The van der Waals surface area contributed by atoms with Crippen molar-refractivity contribution in [1.82, 2.24) is 5.32 Å². The highest BCUT2D eigenvalue weighted by Gasteiger charge is 2.15. The van der Waals surface area contributed by atoms with Crippen LogP contribution >= 0.6 is 0 Å². The molecule has 0 spiro atoms. The fourth-order valence-electron chi connectivity index (χ4n) is 3.67. The summed E-state index contributed by atoms with van der Waals surface area (Å²) < 4.78 is 0. The summed E-state index contributed by atoms with van der Waals surface area (Å²) in [5.41, 5.74) is 0. The van der Waals surface area contributed by atoms with Gasteiger partial charge in [-0.2, -0.15) is 0 Å². The SMILES string of the molecule is CCCCCCCCCCCCCCCCCC(=O)NC[S+](C)c1ccccc1. The van der Waals surface area contributed by atoms with Crippen molar-refractivity contribution in [3.8, 4) is 0 Å². The van der Waals surface area contributed by atoms with Crippen molar-refractivity contribution in [2.45, 2.75) is 115 Å². The zero-order chi connectivity index (χ0) is 21.0. The maximum absolute atomic E-state index is 12.0. The lowest BCUT2D eigenvalue weighted by molar-refractivity contribution is -0.120. The Balaban J connectivity index is 1.82. The fraction of sp³-hybridized carbons (Fsp3) is 0.731. The van der Waals surface area contributed by atoms with Crippen molar-refractivity contribution in [1.29, 1.82) is 0 Å². The van der Waals surface area contributed by atoms with Crippen LogP contribution in [0.15, 0.2) is 35.2 Å². The van der Waals surface area contributed by atoms with E-state index in [1.54, 1.807) is 0 Å². The third kappa shape index (κ3) is 15.5. The van der Waals surface area contributed by atoms with Crippen LogP contribution in [0.1, 0.15) is 110 Å². The Hall–Kier alpha value is -0.960. The molecule has 1 unspecified atom stereocenters. The Morgan fingerprint density at radius 3 is 1.66 bits per heavy atom. The highest BCUT2D eigenvalue weighted by molar-refractivity contribution is 7.96. The summed E-state index contributed by atoms with van der Waals surface area (Å²) >= 11 is 0. The van der Waals surface area contributed by atoms with Gasteiger partial charge in [-0.15, -0.1) is 0 Å². The van der Waals surface area contributed by atoms with Gasteiger partial charge in [0.2, 0.25) is 5.91 Å². The Labute approximate surface area is 184 Å². The number of benzene rings is 1. The van der Waals surface area contributed by atoms with Crippen molar-refractivity contribution in [3.05, 3.63) is 30.3 Å². The number of nitrogens with one attached hydrogen (secondary N) is 1. The first-order valence-electron chi connectivity index (χ1n) is 12.2. The third-order valence-corrected chi connectivity index (χ3v) is 7.29. The lowest BCUT2D eigenvalue weighted by atomic mass is 10.0. The fourth-order valence-corrected chi connectivity index (χ4v) is 4.84. The van der Waals surface area contributed by atoms with Gasteiger partial charge in [-0.05, 0) is 18.6 Å². The molecular formula is C26H46NOS+. The molecule has 1 amide bonds. The predicted molar refractivity (Wildman–Crippen MR) is 131 cm³/mol. The number of unbranched alkanes of at least 4 members (excludes halogenated alkanes) is 14. The number of amides is 1. The predicted octanol–water partition coefficient (Wildman–Crippen LogP) is 7.63. The van der Waals surface area contributed by atoms with Crippen LogP contribution in [0, 0.1) is 0 Å². The minimum atomic E-state index is 0.0955. The van der Waals surface area contributed by atoms with Gasteiger partial charge in [0.05, 0.1) is 0 Å². The summed E-state index contributed by atoms with van der Waals surface area (Å²) in [5, 5.41) is 3.10. The lowest BCUT2D eigenvalue weighted by Gasteiger charge is -2.06. The van der Waals surface area contributed by atoms with Gasteiger partial charge in [0, 0.05) is 17.3 Å². The van der Waals surface area contributed by atoms with E-state index in [4.69, 9.17) is 0 Å². The maximum Gasteiger partial charge on any atom is 0.223 e. The van der Waals surface area contributed by atoms with E-state index in [1.807, 2.05) is 6.07 Å². The van der Waals surface area contributed by atoms with Crippen LogP contribution in [0.3, 0.4) is 0 Å². The number of carbonyl (C=O) groups excluding carboxylic acids is 1. The number of carbonyl (C=O) groups is 1. The molecule has 166 valence electrons. The van der Waals surface area contributed by atoms with Gasteiger partial charge in [0.15, 0.2) is 10.8 Å². The molecule has 0 fully saturated rings. The Bertz CT molecular complexity index is 491. The molecule has 3 heteroatoms. The van der Waals surface area contributed by atoms with Crippen LogP contribution in [0.5, 0.6) is 0 Å².